The van der Waals surface area contributed by atoms with Crippen molar-refractivity contribution in [2.24, 2.45) is 0 Å². The number of rotatable bonds is 15. The first kappa shape index (κ1) is 20.8. The van der Waals surface area contributed by atoms with Gasteiger partial charge in [0.2, 0.25) is 0 Å². The zero-order valence-corrected chi connectivity index (χ0v) is 13.3. The molecule has 0 rings (SSSR count). The van der Waals surface area contributed by atoms with Crippen LogP contribution in [-0.4, -0.2) is 71.6 Å². The highest BCUT2D eigenvalue weighted by Crippen LogP contribution is 2.05. The number of hydrogen-bond acceptors (Lipinski definition) is 6. The second-order valence-electron chi connectivity index (χ2n) is 5.63. The average Bonchev–Trinajstić information content (AvgIpc) is 2.52. The number of ether oxygens (including phenoxy) is 1. The van der Waals surface area contributed by atoms with Gasteiger partial charge in [-0.05, 0) is 6.42 Å². The number of hydrogen-bond donors (Lipinski definition) is 5. The van der Waals surface area contributed by atoms with E-state index in [1.54, 1.807) is 0 Å². The third kappa shape index (κ3) is 10.2. The molecule has 0 saturated carbocycles. The first-order valence-electron chi connectivity index (χ1n) is 7.97. The monoisotopic (exact) mass is 307 g/mol. The number of aliphatic hydroxyl groups is 4. The quantitative estimate of drug-likeness (QED) is 0.274. The molecule has 0 fully saturated rings. The first-order chi connectivity index (χ1) is 10.1. The lowest BCUT2D eigenvalue weighted by Gasteiger charge is -2.29. The van der Waals surface area contributed by atoms with E-state index in [4.69, 9.17) is 20.1 Å². The summed E-state index contributed by atoms with van der Waals surface area (Å²) < 4.78 is 5.39. The summed E-state index contributed by atoms with van der Waals surface area (Å²) in [6, 6.07) is 0. The summed E-state index contributed by atoms with van der Waals surface area (Å²) in [5.41, 5.74) is -1.15. The molecule has 6 heteroatoms. The van der Waals surface area contributed by atoms with Gasteiger partial charge in [-0.2, -0.15) is 0 Å². The molecule has 0 aromatic heterocycles. The summed E-state index contributed by atoms with van der Waals surface area (Å²) in [4.78, 5) is 0. The normalized spacial score (nSPS) is 13.6. The van der Waals surface area contributed by atoms with Crippen molar-refractivity contribution in [1.29, 1.82) is 0 Å². The molecule has 0 aliphatic heterocycles. The standard InChI is InChI=1S/C15H33NO5/c1-2-3-4-5-6-7-8-21-10-14(20)9-16-15(11-17,12-18)13-19/h14,16-20H,2-13H2,1H3. The van der Waals surface area contributed by atoms with Crippen molar-refractivity contribution in [3.63, 3.8) is 0 Å². The summed E-state index contributed by atoms with van der Waals surface area (Å²) in [7, 11) is 0. The Labute approximate surface area is 128 Å². The minimum atomic E-state index is -1.15. The summed E-state index contributed by atoms with van der Waals surface area (Å²) in [5.74, 6) is 0. The van der Waals surface area contributed by atoms with Crippen molar-refractivity contribution >= 4 is 0 Å². The van der Waals surface area contributed by atoms with E-state index in [2.05, 4.69) is 12.2 Å². The van der Waals surface area contributed by atoms with Crippen molar-refractivity contribution < 1.29 is 25.2 Å². The van der Waals surface area contributed by atoms with Crippen molar-refractivity contribution in [2.45, 2.75) is 57.1 Å². The maximum absolute atomic E-state index is 9.74. The summed E-state index contributed by atoms with van der Waals surface area (Å²) in [6.07, 6.45) is 6.45. The molecule has 128 valence electrons. The van der Waals surface area contributed by atoms with E-state index in [1.165, 1.54) is 25.7 Å². The van der Waals surface area contributed by atoms with Gasteiger partial charge in [-0.25, -0.2) is 0 Å². The lowest BCUT2D eigenvalue weighted by molar-refractivity contribution is 0.00771. The van der Waals surface area contributed by atoms with Crippen LogP contribution in [0.5, 0.6) is 0 Å². The van der Waals surface area contributed by atoms with E-state index >= 15 is 0 Å². The van der Waals surface area contributed by atoms with Gasteiger partial charge in [-0.3, -0.25) is 0 Å². The van der Waals surface area contributed by atoms with Gasteiger partial charge in [0.25, 0.3) is 0 Å². The van der Waals surface area contributed by atoms with Crippen molar-refractivity contribution in [1.82, 2.24) is 5.32 Å². The Kier molecular flexibility index (Phi) is 13.3. The third-order valence-corrected chi connectivity index (χ3v) is 3.57. The Balaban J connectivity index is 3.56. The summed E-state index contributed by atoms with van der Waals surface area (Å²) in [6.45, 7) is 1.99. The smallest absolute Gasteiger partial charge is 0.0897 e. The van der Waals surface area contributed by atoms with Crippen LogP contribution < -0.4 is 5.32 Å². The van der Waals surface area contributed by atoms with Crippen LogP contribution in [0.15, 0.2) is 0 Å². The summed E-state index contributed by atoms with van der Waals surface area (Å²) in [5, 5.41) is 39.9. The van der Waals surface area contributed by atoms with Crippen molar-refractivity contribution in [3.05, 3.63) is 0 Å². The SMILES string of the molecule is CCCCCCCCOCC(O)CNC(CO)(CO)CO. The van der Waals surface area contributed by atoms with Crippen LogP contribution in [0.4, 0.5) is 0 Å². The Bertz CT molecular complexity index is 216. The van der Waals surface area contributed by atoms with Gasteiger partial charge in [0.1, 0.15) is 0 Å². The van der Waals surface area contributed by atoms with Crippen LogP contribution in [0.2, 0.25) is 0 Å². The molecule has 0 amide bonds. The molecule has 0 bridgehead atoms. The Morgan fingerprint density at radius 3 is 2.10 bits per heavy atom. The molecule has 1 atom stereocenters. The molecule has 6 nitrogen and oxygen atoms in total. The number of unbranched alkanes of at least 4 members (excludes halogenated alkanes) is 5. The maximum Gasteiger partial charge on any atom is 0.0897 e. The van der Waals surface area contributed by atoms with E-state index in [0.29, 0.717) is 6.61 Å². The maximum atomic E-state index is 9.74. The van der Waals surface area contributed by atoms with Gasteiger partial charge in [0.15, 0.2) is 0 Å². The van der Waals surface area contributed by atoms with Gasteiger partial charge in [-0.15, -0.1) is 0 Å². The number of β-amino-alcohol motifs (C(OH)–C–C–N with tert-alkyl or cyclic N) is 1. The van der Waals surface area contributed by atoms with Gasteiger partial charge < -0.3 is 30.5 Å². The predicted molar refractivity (Wildman–Crippen MR) is 82.2 cm³/mol. The molecule has 0 aliphatic carbocycles. The van der Waals surface area contributed by atoms with Crippen LogP contribution >= 0.6 is 0 Å². The van der Waals surface area contributed by atoms with Gasteiger partial charge in [0.05, 0.1) is 38.1 Å². The molecule has 0 spiro atoms. The van der Waals surface area contributed by atoms with Gasteiger partial charge >= 0.3 is 0 Å². The minimum Gasteiger partial charge on any atom is -0.394 e. The summed E-state index contributed by atoms with van der Waals surface area (Å²) >= 11 is 0. The van der Waals surface area contributed by atoms with E-state index in [1.807, 2.05) is 0 Å². The Morgan fingerprint density at radius 1 is 0.952 bits per heavy atom. The molecule has 0 aliphatic rings. The minimum absolute atomic E-state index is 0.151. The fourth-order valence-corrected chi connectivity index (χ4v) is 1.91. The molecule has 0 radical (unpaired) electrons. The van der Waals surface area contributed by atoms with Crippen LogP contribution in [0, 0.1) is 0 Å². The molecule has 0 saturated heterocycles. The number of nitrogens with one attached hydrogen (secondary N) is 1. The molecule has 1 unspecified atom stereocenters. The fourth-order valence-electron chi connectivity index (χ4n) is 1.91. The zero-order chi connectivity index (χ0) is 16.0. The average molecular weight is 307 g/mol. The van der Waals surface area contributed by atoms with Crippen LogP contribution in [0.1, 0.15) is 45.4 Å². The second kappa shape index (κ2) is 13.4. The third-order valence-electron chi connectivity index (χ3n) is 3.57. The lowest BCUT2D eigenvalue weighted by Crippen LogP contribution is -2.57. The highest BCUT2D eigenvalue weighted by atomic mass is 16.5. The first-order valence-corrected chi connectivity index (χ1v) is 7.97. The highest BCUT2D eigenvalue weighted by Gasteiger charge is 2.27. The topological polar surface area (TPSA) is 102 Å². The zero-order valence-electron chi connectivity index (χ0n) is 13.3. The lowest BCUT2D eigenvalue weighted by atomic mass is 10.0. The van der Waals surface area contributed by atoms with E-state index in [9.17, 15) is 5.11 Å². The van der Waals surface area contributed by atoms with Gasteiger partial charge in [0, 0.05) is 13.2 Å². The Morgan fingerprint density at radius 2 is 1.52 bits per heavy atom. The highest BCUT2D eigenvalue weighted by molar-refractivity contribution is 4.86. The van der Waals surface area contributed by atoms with Crippen molar-refractivity contribution in [3.8, 4) is 0 Å². The van der Waals surface area contributed by atoms with E-state index in [-0.39, 0.29) is 13.2 Å². The van der Waals surface area contributed by atoms with Crippen LogP contribution in [0.25, 0.3) is 0 Å². The van der Waals surface area contributed by atoms with E-state index < -0.39 is 31.5 Å². The molecule has 21 heavy (non-hydrogen) atoms. The fraction of sp³-hybridized carbons (Fsp3) is 1.00. The Hall–Kier alpha value is -0.240. The van der Waals surface area contributed by atoms with E-state index in [0.717, 1.165) is 12.8 Å². The molecule has 0 aromatic rings. The van der Waals surface area contributed by atoms with Gasteiger partial charge in [-0.1, -0.05) is 39.0 Å². The molecule has 0 aromatic carbocycles. The molecular formula is C15H33NO5. The number of aliphatic hydroxyl groups excluding tert-OH is 4. The van der Waals surface area contributed by atoms with Crippen molar-refractivity contribution in [2.75, 3.05) is 39.6 Å². The largest absolute Gasteiger partial charge is 0.394 e. The van der Waals surface area contributed by atoms with Crippen LogP contribution in [-0.2, 0) is 4.74 Å². The molecule has 0 heterocycles. The molecular weight excluding hydrogens is 274 g/mol. The predicted octanol–water partition coefficient (Wildman–Crippen LogP) is 0.0297. The van der Waals surface area contributed by atoms with Crippen LogP contribution in [0.3, 0.4) is 0 Å². The second-order valence-corrected chi connectivity index (χ2v) is 5.63. The molecule has 5 N–H and O–H groups in total.